The minimum atomic E-state index is -0.789. The minimum Gasteiger partial charge on any atom is -0.464 e. The molecule has 0 saturated carbocycles. The topological polar surface area (TPSA) is 55.8 Å². The van der Waals surface area contributed by atoms with Crippen LogP contribution in [0.2, 0.25) is 0 Å². The van der Waals surface area contributed by atoms with Gasteiger partial charge in [-0.25, -0.2) is 4.79 Å². The number of aliphatic hydroxyl groups is 1. The summed E-state index contributed by atoms with van der Waals surface area (Å²) in [6.07, 6.45) is -1.52. The van der Waals surface area contributed by atoms with Gasteiger partial charge in [0.1, 0.15) is 0 Å². The van der Waals surface area contributed by atoms with Gasteiger partial charge >= 0.3 is 5.97 Å². The van der Waals surface area contributed by atoms with Crippen molar-refractivity contribution in [1.29, 1.82) is 0 Å². The molecule has 3 atom stereocenters. The van der Waals surface area contributed by atoms with Crippen LogP contribution in [0.3, 0.4) is 0 Å². The molecule has 0 unspecified atom stereocenters. The van der Waals surface area contributed by atoms with Crippen molar-refractivity contribution in [2.75, 3.05) is 13.2 Å². The van der Waals surface area contributed by atoms with E-state index in [9.17, 15) is 9.90 Å². The number of hydrogen-bond acceptors (Lipinski definition) is 4. The summed E-state index contributed by atoms with van der Waals surface area (Å²) in [5.41, 5.74) is 0. The molecule has 1 saturated heterocycles. The van der Waals surface area contributed by atoms with Gasteiger partial charge in [-0.15, -0.1) is 0 Å². The number of ether oxygens (including phenoxy) is 2. The maximum atomic E-state index is 11.3. The molecular weight excluding hydrogens is 184 g/mol. The standard InChI is InChI=1S/C10H18O4/c1-4-13-10(12)9-8(11)7(5-14-9)6(2)3/h6-9,11H,4-5H2,1-3H3/t7-,8+,9+/m0/s1. The Morgan fingerprint density at radius 1 is 1.64 bits per heavy atom. The SMILES string of the molecule is CCOC(=O)[C@@H]1OC[C@@H](C(C)C)[C@H]1O. The van der Waals surface area contributed by atoms with Gasteiger partial charge in [-0.3, -0.25) is 0 Å². The molecule has 4 heteroatoms. The van der Waals surface area contributed by atoms with Crippen molar-refractivity contribution in [3.05, 3.63) is 0 Å². The van der Waals surface area contributed by atoms with Gasteiger partial charge in [-0.05, 0) is 12.8 Å². The molecule has 0 aromatic rings. The highest BCUT2D eigenvalue weighted by atomic mass is 16.6. The largest absolute Gasteiger partial charge is 0.464 e. The van der Waals surface area contributed by atoms with Crippen molar-refractivity contribution in [1.82, 2.24) is 0 Å². The molecule has 14 heavy (non-hydrogen) atoms. The quantitative estimate of drug-likeness (QED) is 0.680. The zero-order valence-electron chi connectivity index (χ0n) is 8.90. The maximum Gasteiger partial charge on any atom is 0.337 e. The Bertz CT molecular complexity index is 202. The van der Waals surface area contributed by atoms with Crippen LogP contribution in [0.4, 0.5) is 0 Å². The van der Waals surface area contributed by atoms with E-state index in [4.69, 9.17) is 9.47 Å². The van der Waals surface area contributed by atoms with Gasteiger partial charge in [-0.1, -0.05) is 13.8 Å². The molecule has 0 aromatic heterocycles. The summed E-state index contributed by atoms with van der Waals surface area (Å²) >= 11 is 0. The number of hydrogen-bond donors (Lipinski definition) is 1. The van der Waals surface area contributed by atoms with Gasteiger partial charge in [0.05, 0.1) is 19.3 Å². The van der Waals surface area contributed by atoms with Crippen LogP contribution in [-0.2, 0) is 14.3 Å². The molecule has 82 valence electrons. The van der Waals surface area contributed by atoms with Crippen LogP contribution in [0.25, 0.3) is 0 Å². The Morgan fingerprint density at radius 3 is 2.71 bits per heavy atom. The van der Waals surface area contributed by atoms with Crippen LogP contribution in [0.1, 0.15) is 20.8 Å². The van der Waals surface area contributed by atoms with E-state index in [0.717, 1.165) is 0 Å². The summed E-state index contributed by atoms with van der Waals surface area (Å²) in [5.74, 6) is -0.114. The summed E-state index contributed by atoms with van der Waals surface area (Å²) in [6, 6.07) is 0. The zero-order chi connectivity index (χ0) is 10.7. The van der Waals surface area contributed by atoms with E-state index in [-0.39, 0.29) is 5.92 Å². The fourth-order valence-corrected chi connectivity index (χ4v) is 1.66. The van der Waals surface area contributed by atoms with E-state index < -0.39 is 18.2 Å². The molecule has 1 heterocycles. The zero-order valence-corrected chi connectivity index (χ0v) is 8.90. The Morgan fingerprint density at radius 2 is 2.29 bits per heavy atom. The summed E-state index contributed by atoms with van der Waals surface area (Å²) in [6.45, 7) is 6.49. The van der Waals surface area contributed by atoms with Crippen molar-refractivity contribution < 1.29 is 19.4 Å². The summed E-state index contributed by atoms with van der Waals surface area (Å²) in [4.78, 5) is 11.3. The monoisotopic (exact) mass is 202 g/mol. The molecule has 1 aliphatic heterocycles. The fraction of sp³-hybridized carbons (Fsp3) is 0.900. The number of carbonyl (C=O) groups is 1. The van der Waals surface area contributed by atoms with Crippen LogP contribution in [-0.4, -0.2) is 36.5 Å². The molecule has 0 radical (unpaired) electrons. The summed E-state index contributed by atoms with van der Waals surface area (Å²) in [7, 11) is 0. The second kappa shape index (κ2) is 4.75. The lowest BCUT2D eigenvalue weighted by Crippen LogP contribution is -2.36. The van der Waals surface area contributed by atoms with E-state index in [1.807, 2.05) is 13.8 Å². The molecule has 1 N–H and O–H groups in total. The van der Waals surface area contributed by atoms with Crippen molar-refractivity contribution in [2.45, 2.75) is 33.0 Å². The molecule has 1 fully saturated rings. The van der Waals surface area contributed by atoms with Crippen molar-refractivity contribution in [3.63, 3.8) is 0 Å². The highest BCUT2D eigenvalue weighted by Gasteiger charge is 2.42. The van der Waals surface area contributed by atoms with Gasteiger partial charge in [-0.2, -0.15) is 0 Å². The molecule has 1 rings (SSSR count). The smallest absolute Gasteiger partial charge is 0.337 e. The molecule has 1 aliphatic rings. The number of carbonyl (C=O) groups excluding carboxylic acids is 1. The molecule has 0 amide bonds. The second-order valence-corrected chi connectivity index (χ2v) is 3.90. The minimum absolute atomic E-state index is 0.0319. The van der Waals surface area contributed by atoms with Gasteiger partial charge in [0.2, 0.25) is 0 Å². The third-order valence-electron chi connectivity index (χ3n) is 2.59. The van der Waals surface area contributed by atoms with E-state index in [1.165, 1.54) is 0 Å². The molecule has 0 spiro atoms. The highest BCUT2D eigenvalue weighted by Crippen LogP contribution is 2.27. The third-order valence-corrected chi connectivity index (χ3v) is 2.59. The first kappa shape index (κ1) is 11.5. The Hall–Kier alpha value is -0.610. The van der Waals surface area contributed by atoms with E-state index >= 15 is 0 Å². The van der Waals surface area contributed by atoms with Crippen molar-refractivity contribution in [2.24, 2.45) is 11.8 Å². The van der Waals surface area contributed by atoms with Gasteiger partial charge in [0.25, 0.3) is 0 Å². The first-order valence-electron chi connectivity index (χ1n) is 5.04. The Labute approximate surface area is 84.2 Å². The molecule has 0 bridgehead atoms. The Kier molecular flexibility index (Phi) is 3.89. The number of esters is 1. The first-order valence-corrected chi connectivity index (χ1v) is 5.04. The fourth-order valence-electron chi connectivity index (χ4n) is 1.66. The number of rotatable bonds is 3. The number of aliphatic hydroxyl groups excluding tert-OH is 1. The lowest BCUT2D eigenvalue weighted by Gasteiger charge is -2.18. The van der Waals surface area contributed by atoms with Crippen LogP contribution in [0.5, 0.6) is 0 Å². The van der Waals surface area contributed by atoms with E-state index in [0.29, 0.717) is 19.1 Å². The van der Waals surface area contributed by atoms with Gasteiger partial charge < -0.3 is 14.6 Å². The average molecular weight is 202 g/mol. The summed E-state index contributed by atoms with van der Waals surface area (Å²) < 4.78 is 10.0. The van der Waals surface area contributed by atoms with Crippen LogP contribution < -0.4 is 0 Å². The van der Waals surface area contributed by atoms with Gasteiger partial charge in [0.15, 0.2) is 6.10 Å². The molecule has 0 aromatic carbocycles. The maximum absolute atomic E-state index is 11.3. The average Bonchev–Trinajstić information content (AvgIpc) is 2.47. The summed E-state index contributed by atoms with van der Waals surface area (Å²) in [5, 5.41) is 9.79. The predicted molar refractivity (Wildman–Crippen MR) is 50.7 cm³/mol. The van der Waals surface area contributed by atoms with E-state index in [2.05, 4.69) is 0 Å². The van der Waals surface area contributed by atoms with E-state index in [1.54, 1.807) is 6.92 Å². The Balaban J connectivity index is 2.54. The lowest BCUT2D eigenvalue weighted by molar-refractivity contribution is -0.157. The highest BCUT2D eigenvalue weighted by molar-refractivity contribution is 5.75. The molecule has 4 nitrogen and oxygen atoms in total. The molecule has 0 aliphatic carbocycles. The molecular formula is C10H18O4. The van der Waals surface area contributed by atoms with Gasteiger partial charge in [0, 0.05) is 5.92 Å². The normalized spacial score (nSPS) is 32.2. The first-order chi connectivity index (χ1) is 6.57. The lowest BCUT2D eigenvalue weighted by atomic mass is 9.91. The third kappa shape index (κ3) is 2.25. The van der Waals surface area contributed by atoms with Crippen LogP contribution in [0, 0.1) is 11.8 Å². The van der Waals surface area contributed by atoms with Crippen molar-refractivity contribution >= 4 is 5.97 Å². The van der Waals surface area contributed by atoms with Crippen LogP contribution in [0.15, 0.2) is 0 Å². The second-order valence-electron chi connectivity index (χ2n) is 3.90. The van der Waals surface area contributed by atoms with Crippen LogP contribution >= 0.6 is 0 Å². The van der Waals surface area contributed by atoms with Crippen molar-refractivity contribution in [3.8, 4) is 0 Å². The predicted octanol–water partition coefficient (Wildman–Crippen LogP) is 0.581.